The zero-order chi connectivity index (χ0) is 19.3. The molecule has 27 heavy (non-hydrogen) atoms. The van der Waals surface area contributed by atoms with E-state index in [2.05, 4.69) is 38.1 Å². The zero-order valence-corrected chi connectivity index (χ0v) is 18.3. The van der Waals surface area contributed by atoms with Gasteiger partial charge in [0, 0.05) is 0 Å². The van der Waals surface area contributed by atoms with Crippen LogP contribution in [0, 0.1) is 5.92 Å². The van der Waals surface area contributed by atoms with Crippen LogP contribution >= 0.6 is 11.8 Å². The Hall–Kier alpha value is -1.26. The van der Waals surface area contributed by atoms with Crippen LogP contribution < -0.4 is 4.46 Å². The molecule has 1 N–H and O–H groups in total. The van der Waals surface area contributed by atoms with Crippen molar-refractivity contribution < 1.29 is 14.6 Å². The van der Waals surface area contributed by atoms with E-state index in [0.717, 1.165) is 16.6 Å². The normalized spacial score (nSPS) is 23.2. The van der Waals surface area contributed by atoms with Gasteiger partial charge in [-0.25, -0.2) is 0 Å². The molecule has 1 aliphatic rings. The molecule has 1 heterocycles. The molecular weight excluding hydrogens is 423 g/mol. The fourth-order valence-electron chi connectivity index (χ4n) is 3.51. The maximum absolute atomic E-state index is 12.3. The summed E-state index contributed by atoms with van der Waals surface area (Å²) < 4.78 is 7.29. The zero-order valence-electron chi connectivity index (χ0n) is 15.8. The molecule has 3 rings (SSSR count). The van der Waals surface area contributed by atoms with E-state index in [1.807, 2.05) is 42.1 Å². The monoisotopic (exact) mass is 450 g/mol. The van der Waals surface area contributed by atoms with Crippen molar-refractivity contribution in [3.05, 3.63) is 65.7 Å². The Bertz CT molecular complexity index is 767. The Morgan fingerprint density at radius 3 is 2.59 bits per heavy atom. The van der Waals surface area contributed by atoms with E-state index < -0.39 is 11.5 Å². The first-order valence-electron chi connectivity index (χ1n) is 9.32. The molecule has 0 saturated carbocycles. The van der Waals surface area contributed by atoms with Crippen molar-refractivity contribution in [3.8, 4) is 0 Å². The number of esters is 1. The fourth-order valence-corrected chi connectivity index (χ4v) is 7.33. The quantitative estimate of drug-likeness (QED) is 0.493. The molecule has 1 aliphatic heterocycles. The standard InChI is InChI=1S/C22H26O3SSe/c1-3-26-16(2)19-11-7-8-12-20(19)27-15-22(18-9-5-4-6-10-18)13-17(14-23)21(24)25-22/h4-12,16-17,23H,3,13-15H2,1-2H3/t16-,17+,22+/m1/s1. The van der Waals surface area contributed by atoms with Crippen molar-refractivity contribution in [2.45, 2.75) is 36.4 Å². The van der Waals surface area contributed by atoms with Crippen molar-refractivity contribution in [2.75, 3.05) is 12.4 Å². The van der Waals surface area contributed by atoms with E-state index in [1.165, 1.54) is 10.0 Å². The number of cyclic esters (lactones) is 1. The van der Waals surface area contributed by atoms with Gasteiger partial charge < -0.3 is 0 Å². The molecule has 3 nitrogen and oxygen atoms in total. The molecular formula is C22H26O3SSe. The van der Waals surface area contributed by atoms with Gasteiger partial charge in [0.2, 0.25) is 0 Å². The SMILES string of the molecule is CCS[C@H](C)c1ccccc1[Se]C[C@]1(c2ccccc2)C[C@@H](CO)C(=O)O1. The van der Waals surface area contributed by atoms with Gasteiger partial charge in [-0.1, -0.05) is 0 Å². The van der Waals surface area contributed by atoms with Crippen LogP contribution in [-0.4, -0.2) is 38.4 Å². The summed E-state index contributed by atoms with van der Waals surface area (Å²) in [5.41, 5.74) is 1.79. The van der Waals surface area contributed by atoms with E-state index in [4.69, 9.17) is 4.74 Å². The van der Waals surface area contributed by atoms with Crippen LogP contribution in [0.5, 0.6) is 0 Å². The fraction of sp³-hybridized carbons (Fsp3) is 0.409. The summed E-state index contributed by atoms with van der Waals surface area (Å²) in [4.78, 5) is 12.3. The van der Waals surface area contributed by atoms with Gasteiger partial charge in [-0.3, -0.25) is 0 Å². The predicted molar refractivity (Wildman–Crippen MR) is 113 cm³/mol. The van der Waals surface area contributed by atoms with Crippen molar-refractivity contribution in [2.24, 2.45) is 5.92 Å². The molecule has 0 amide bonds. The van der Waals surface area contributed by atoms with E-state index in [0.29, 0.717) is 11.7 Å². The Morgan fingerprint density at radius 2 is 1.93 bits per heavy atom. The van der Waals surface area contributed by atoms with Crippen LogP contribution in [0.4, 0.5) is 0 Å². The second-order valence-corrected chi connectivity index (χ2v) is 10.5. The third-order valence-corrected chi connectivity index (χ3v) is 8.76. The second-order valence-electron chi connectivity index (χ2n) is 6.79. The minimum atomic E-state index is -0.625. The summed E-state index contributed by atoms with van der Waals surface area (Å²) >= 11 is 2.11. The first kappa shape index (κ1) is 20.5. The van der Waals surface area contributed by atoms with Gasteiger partial charge in [-0.15, -0.1) is 0 Å². The number of aliphatic hydroxyl groups excluding tert-OH is 1. The Morgan fingerprint density at radius 1 is 1.22 bits per heavy atom. The summed E-state index contributed by atoms with van der Waals surface area (Å²) in [5.74, 6) is 0.387. The molecule has 0 aliphatic carbocycles. The van der Waals surface area contributed by atoms with Gasteiger partial charge in [0.05, 0.1) is 0 Å². The number of rotatable bonds is 8. The van der Waals surface area contributed by atoms with Crippen molar-refractivity contribution in [3.63, 3.8) is 0 Å². The third-order valence-electron chi connectivity index (χ3n) is 4.96. The number of benzene rings is 2. The van der Waals surface area contributed by atoms with Crippen LogP contribution in [0.3, 0.4) is 0 Å². The average molecular weight is 449 g/mol. The summed E-state index contributed by atoms with van der Waals surface area (Å²) in [5, 5.41) is 10.8. The number of aliphatic hydroxyl groups is 1. The number of hydrogen-bond donors (Lipinski definition) is 1. The summed E-state index contributed by atoms with van der Waals surface area (Å²) in [6, 6.07) is 18.6. The number of carbonyl (C=O) groups excluding carboxylic acids is 1. The first-order chi connectivity index (χ1) is 13.1. The number of carbonyl (C=O) groups is 1. The predicted octanol–water partition coefficient (Wildman–Crippen LogP) is 3.70. The molecule has 1 fully saturated rings. The van der Waals surface area contributed by atoms with Gasteiger partial charge in [-0.05, 0) is 0 Å². The van der Waals surface area contributed by atoms with E-state index >= 15 is 0 Å². The average Bonchev–Trinajstić information content (AvgIpc) is 3.04. The van der Waals surface area contributed by atoms with Crippen molar-refractivity contribution >= 4 is 37.1 Å². The van der Waals surface area contributed by atoms with E-state index in [9.17, 15) is 9.90 Å². The van der Waals surface area contributed by atoms with E-state index in [1.54, 1.807) is 0 Å². The Labute approximate surface area is 172 Å². The molecule has 0 aromatic heterocycles. The third kappa shape index (κ3) is 4.60. The number of hydrogen-bond acceptors (Lipinski definition) is 4. The van der Waals surface area contributed by atoms with E-state index in [-0.39, 0.29) is 27.5 Å². The summed E-state index contributed by atoms with van der Waals surface area (Å²) in [6.07, 6.45) is 0.551. The van der Waals surface area contributed by atoms with Crippen LogP contribution in [0.25, 0.3) is 0 Å². The summed E-state index contributed by atoms with van der Waals surface area (Å²) in [7, 11) is 0. The van der Waals surface area contributed by atoms with Crippen LogP contribution in [0.1, 0.15) is 36.6 Å². The molecule has 0 bridgehead atoms. The number of ether oxygens (including phenoxy) is 1. The topological polar surface area (TPSA) is 46.5 Å². The molecule has 0 radical (unpaired) electrons. The second kappa shape index (κ2) is 9.29. The van der Waals surface area contributed by atoms with Gasteiger partial charge >= 0.3 is 172 Å². The van der Waals surface area contributed by atoms with Gasteiger partial charge in [0.15, 0.2) is 0 Å². The molecule has 1 saturated heterocycles. The molecule has 2 aromatic rings. The molecule has 0 spiro atoms. The molecule has 5 heteroatoms. The van der Waals surface area contributed by atoms with Crippen LogP contribution in [0.2, 0.25) is 5.32 Å². The molecule has 3 atom stereocenters. The summed E-state index contributed by atoms with van der Waals surface area (Å²) in [6.45, 7) is 4.29. The van der Waals surface area contributed by atoms with Crippen LogP contribution in [0.15, 0.2) is 54.6 Å². The van der Waals surface area contributed by atoms with Crippen LogP contribution in [-0.2, 0) is 15.1 Å². The maximum atomic E-state index is 12.3. The van der Waals surface area contributed by atoms with Gasteiger partial charge in [0.1, 0.15) is 0 Å². The van der Waals surface area contributed by atoms with Crippen molar-refractivity contribution in [1.29, 1.82) is 0 Å². The molecule has 2 aromatic carbocycles. The van der Waals surface area contributed by atoms with Gasteiger partial charge in [0.25, 0.3) is 0 Å². The Kier molecular flexibility index (Phi) is 7.04. The molecule has 0 unspecified atom stereocenters. The Balaban J connectivity index is 1.86. The number of thioether (sulfide) groups is 1. The first-order valence-corrected chi connectivity index (χ1v) is 12.4. The van der Waals surface area contributed by atoms with Crippen molar-refractivity contribution in [1.82, 2.24) is 0 Å². The molecule has 144 valence electrons. The minimum absolute atomic E-state index is 0.152. The van der Waals surface area contributed by atoms with Gasteiger partial charge in [-0.2, -0.15) is 0 Å².